The quantitative estimate of drug-likeness (QED) is 0.430. The Bertz CT molecular complexity index is 1360. The molecule has 3 aromatic rings. The molecule has 1 saturated carbocycles. The van der Waals surface area contributed by atoms with E-state index >= 15 is 0 Å². The Morgan fingerprint density at radius 1 is 1.24 bits per heavy atom. The van der Waals surface area contributed by atoms with Crippen LogP contribution in [0.1, 0.15) is 23.2 Å². The zero-order valence-electron chi connectivity index (χ0n) is 21.0. The third kappa shape index (κ3) is 4.84. The molecule has 12 nitrogen and oxygen atoms in total. The summed E-state index contributed by atoms with van der Waals surface area (Å²) in [5.74, 6) is 1.96. The van der Waals surface area contributed by atoms with Gasteiger partial charge in [0.2, 0.25) is 12.7 Å². The second-order valence-electron chi connectivity index (χ2n) is 9.55. The lowest BCUT2D eigenvalue weighted by Gasteiger charge is -2.32. The average Bonchev–Trinajstić information content (AvgIpc) is 3.46. The Hall–Kier alpha value is -3.90. The second kappa shape index (κ2) is 10.5. The Labute approximate surface area is 218 Å². The third-order valence-electron chi connectivity index (χ3n) is 6.87. The van der Waals surface area contributed by atoms with E-state index in [0.717, 1.165) is 0 Å². The third-order valence-corrected chi connectivity index (χ3v) is 6.87. The molecule has 0 radical (unpaired) electrons. The van der Waals surface area contributed by atoms with Gasteiger partial charge in [0, 0.05) is 32.9 Å². The van der Waals surface area contributed by atoms with Crippen LogP contribution in [0.3, 0.4) is 0 Å². The number of H-pyrrole nitrogens is 1. The minimum atomic E-state index is -0.320. The van der Waals surface area contributed by atoms with E-state index in [9.17, 15) is 9.59 Å². The van der Waals surface area contributed by atoms with Gasteiger partial charge >= 0.3 is 0 Å². The van der Waals surface area contributed by atoms with E-state index in [1.54, 1.807) is 11.1 Å². The van der Waals surface area contributed by atoms with Gasteiger partial charge in [-0.15, -0.1) is 0 Å². The fourth-order valence-corrected chi connectivity index (χ4v) is 4.68. The van der Waals surface area contributed by atoms with Gasteiger partial charge in [-0.05, 0) is 30.9 Å². The van der Waals surface area contributed by atoms with Crippen molar-refractivity contribution < 1.29 is 33.3 Å². The summed E-state index contributed by atoms with van der Waals surface area (Å²) < 4.78 is 28.2. The molecule has 6 rings (SSSR count). The van der Waals surface area contributed by atoms with E-state index in [2.05, 4.69) is 20.3 Å². The van der Waals surface area contributed by atoms with Crippen LogP contribution in [0.4, 0.5) is 0 Å². The topological polar surface area (TPSA) is 137 Å². The average molecular weight is 524 g/mol. The number of benzene rings is 1. The number of aromatic amines is 1. The van der Waals surface area contributed by atoms with Gasteiger partial charge in [0.05, 0.1) is 36.0 Å². The highest BCUT2D eigenvalue weighted by atomic mass is 16.7. The highest BCUT2D eigenvalue weighted by Gasteiger charge is 2.29. The zero-order valence-corrected chi connectivity index (χ0v) is 21.0. The number of rotatable bonds is 9. The molecule has 200 valence electrons. The lowest BCUT2D eigenvalue weighted by atomic mass is 10.1. The van der Waals surface area contributed by atoms with E-state index in [4.69, 9.17) is 23.7 Å². The number of hydrogen-bond acceptors (Lipinski definition) is 9. The molecule has 12 heteroatoms. The first-order chi connectivity index (χ1) is 18.6. The Morgan fingerprint density at radius 3 is 2.97 bits per heavy atom. The van der Waals surface area contributed by atoms with Gasteiger partial charge in [-0.25, -0.2) is 9.97 Å². The molecule has 4 heterocycles. The van der Waals surface area contributed by atoms with Crippen LogP contribution < -0.4 is 19.5 Å². The largest absolute Gasteiger partial charge is 0.492 e. The Morgan fingerprint density at radius 2 is 2.13 bits per heavy atom. The second-order valence-corrected chi connectivity index (χ2v) is 9.55. The molecule has 2 aromatic heterocycles. The number of carbonyl (C=O) groups is 2. The number of morpholine rings is 1. The van der Waals surface area contributed by atoms with Crippen molar-refractivity contribution in [3.05, 3.63) is 30.2 Å². The van der Waals surface area contributed by atoms with E-state index in [1.165, 1.54) is 26.3 Å². The van der Waals surface area contributed by atoms with Crippen LogP contribution in [0.2, 0.25) is 0 Å². The van der Waals surface area contributed by atoms with Crippen molar-refractivity contribution in [2.45, 2.75) is 18.9 Å². The molecule has 3 aliphatic rings. The summed E-state index contributed by atoms with van der Waals surface area (Å²) in [4.78, 5) is 39.1. The number of aromatic nitrogens is 3. The number of hydrogen-bond donors (Lipinski definition) is 2. The minimum Gasteiger partial charge on any atom is -0.492 e. The van der Waals surface area contributed by atoms with E-state index in [1.807, 2.05) is 12.1 Å². The van der Waals surface area contributed by atoms with Crippen molar-refractivity contribution in [1.29, 1.82) is 0 Å². The molecule has 2 amide bonds. The van der Waals surface area contributed by atoms with Crippen molar-refractivity contribution in [2.75, 3.05) is 53.4 Å². The van der Waals surface area contributed by atoms with Gasteiger partial charge in [-0.1, -0.05) is 0 Å². The maximum atomic E-state index is 13.1. The summed E-state index contributed by atoms with van der Waals surface area (Å²) in [5, 5.41) is 2.91. The van der Waals surface area contributed by atoms with Crippen molar-refractivity contribution in [1.82, 2.24) is 25.2 Å². The van der Waals surface area contributed by atoms with Crippen LogP contribution in [-0.2, 0) is 14.3 Å². The van der Waals surface area contributed by atoms with Crippen LogP contribution >= 0.6 is 0 Å². The SMILES string of the molecule is COCC(=O)N1CCOC(CNC(=O)c2c[nH]c3c(-c4c(OCC5CC5)ccc5c4OCO5)ncnc23)C1. The van der Waals surface area contributed by atoms with Crippen LogP contribution in [-0.4, -0.2) is 91.1 Å². The maximum Gasteiger partial charge on any atom is 0.255 e. The van der Waals surface area contributed by atoms with Crippen LogP contribution in [0.15, 0.2) is 24.7 Å². The number of nitrogens with zero attached hydrogens (tertiary/aromatic N) is 3. The predicted molar refractivity (Wildman–Crippen MR) is 134 cm³/mol. The molecule has 2 fully saturated rings. The van der Waals surface area contributed by atoms with Crippen molar-refractivity contribution in [2.24, 2.45) is 5.92 Å². The molecular weight excluding hydrogens is 494 g/mol. The monoisotopic (exact) mass is 523 g/mol. The molecule has 2 N–H and O–H groups in total. The van der Waals surface area contributed by atoms with E-state index in [0.29, 0.717) is 77.3 Å². The zero-order chi connectivity index (χ0) is 26.1. The van der Waals surface area contributed by atoms with Crippen molar-refractivity contribution in [3.8, 4) is 28.5 Å². The molecule has 1 aromatic carbocycles. The fourth-order valence-electron chi connectivity index (χ4n) is 4.68. The smallest absolute Gasteiger partial charge is 0.255 e. The summed E-state index contributed by atoms with van der Waals surface area (Å²) in [6.45, 7) is 2.28. The van der Waals surface area contributed by atoms with E-state index in [-0.39, 0.29) is 37.9 Å². The van der Waals surface area contributed by atoms with Crippen molar-refractivity contribution >= 4 is 22.8 Å². The van der Waals surface area contributed by atoms with Crippen molar-refractivity contribution in [3.63, 3.8) is 0 Å². The van der Waals surface area contributed by atoms with Gasteiger partial charge < -0.3 is 38.9 Å². The first-order valence-corrected chi connectivity index (χ1v) is 12.7. The Balaban J connectivity index is 1.23. The number of nitrogens with one attached hydrogen (secondary N) is 2. The predicted octanol–water partition coefficient (Wildman–Crippen LogP) is 1.75. The van der Waals surface area contributed by atoms with Crippen LogP contribution in [0.25, 0.3) is 22.3 Å². The highest BCUT2D eigenvalue weighted by molar-refractivity contribution is 6.08. The summed E-state index contributed by atoms with van der Waals surface area (Å²) in [5.41, 5.74) is 2.65. The normalized spacial score (nSPS) is 18.6. The molecule has 0 spiro atoms. The summed E-state index contributed by atoms with van der Waals surface area (Å²) >= 11 is 0. The van der Waals surface area contributed by atoms with Gasteiger partial charge in [-0.2, -0.15) is 0 Å². The van der Waals surface area contributed by atoms with Crippen LogP contribution in [0, 0.1) is 5.92 Å². The first-order valence-electron chi connectivity index (χ1n) is 12.7. The molecule has 0 bridgehead atoms. The number of amides is 2. The van der Waals surface area contributed by atoms with E-state index < -0.39 is 0 Å². The standard InChI is InChI=1S/C26H29N5O7/c1-34-12-20(32)31-6-7-35-16(10-31)8-28-26(33)17-9-27-24-22(17)29-13-30-23(24)21-18(36-11-15-2-3-15)4-5-19-25(21)38-14-37-19/h4-5,9,13,15-16,27H,2-3,6-8,10-12,14H2,1H3,(H,28,33). The lowest BCUT2D eigenvalue weighted by molar-refractivity contribution is -0.142. The minimum absolute atomic E-state index is 0.0194. The maximum absolute atomic E-state index is 13.1. The lowest BCUT2D eigenvalue weighted by Crippen LogP contribution is -2.50. The van der Waals surface area contributed by atoms with Gasteiger partial charge in [-0.3, -0.25) is 9.59 Å². The molecule has 1 atom stereocenters. The molecule has 1 saturated heterocycles. The van der Waals surface area contributed by atoms with Gasteiger partial charge in [0.1, 0.15) is 29.9 Å². The molecular formula is C26H29N5O7. The fraction of sp³-hybridized carbons (Fsp3) is 0.462. The number of fused-ring (bicyclic) bond motifs is 2. The molecule has 1 unspecified atom stereocenters. The Kier molecular flexibility index (Phi) is 6.73. The summed E-state index contributed by atoms with van der Waals surface area (Å²) in [6, 6.07) is 3.69. The molecule has 1 aliphatic carbocycles. The summed E-state index contributed by atoms with van der Waals surface area (Å²) in [7, 11) is 1.49. The summed E-state index contributed by atoms with van der Waals surface area (Å²) in [6.07, 6.45) is 5.05. The highest BCUT2D eigenvalue weighted by Crippen LogP contribution is 2.48. The van der Waals surface area contributed by atoms with Gasteiger partial charge in [0.25, 0.3) is 5.91 Å². The first kappa shape index (κ1) is 24.4. The van der Waals surface area contributed by atoms with Gasteiger partial charge in [0.15, 0.2) is 11.5 Å². The number of methoxy groups -OCH3 is 1. The number of carbonyl (C=O) groups excluding carboxylic acids is 2. The molecule has 2 aliphatic heterocycles. The molecule has 38 heavy (non-hydrogen) atoms. The number of ether oxygens (including phenoxy) is 5. The van der Waals surface area contributed by atoms with Crippen LogP contribution in [0.5, 0.6) is 17.2 Å².